The van der Waals surface area contributed by atoms with Gasteiger partial charge in [0.05, 0.1) is 18.7 Å². The predicted molar refractivity (Wildman–Crippen MR) is 132 cm³/mol. The molecule has 1 atom stereocenters. The van der Waals surface area contributed by atoms with Crippen LogP contribution in [0.3, 0.4) is 0 Å². The highest BCUT2D eigenvalue weighted by Gasteiger charge is 2.29. The van der Waals surface area contributed by atoms with Gasteiger partial charge in [-0.25, -0.2) is 0 Å². The number of amides is 1. The lowest BCUT2D eigenvalue weighted by Crippen LogP contribution is -2.33. The van der Waals surface area contributed by atoms with Crippen molar-refractivity contribution < 1.29 is 14.3 Å². The van der Waals surface area contributed by atoms with Crippen molar-refractivity contribution in [2.45, 2.75) is 39.3 Å². The van der Waals surface area contributed by atoms with E-state index in [4.69, 9.17) is 9.47 Å². The lowest BCUT2D eigenvalue weighted by atomic mass is 10.0. The van der Waals surface area contributed by atoms with E-state index in [1.807, 2.05) is 42.0 Å². The van der Waals surface area contributed by atoms with Gasteiger partial charge in [-0.3, -0.25) is 9.69 Å². The highest BCUT2D eigenvalue weighted by Crippen LogP contribution is 2.38. The number of hydrogen-bond acceptors (Lipinski definition) is 6. The minimum atomic E-state index is -0.106. The van der Waals surface area contributed by atoms with Gasteiger partial charge in [-0.2, -0.15) is 5.26 Å². The molecule has 7 nitrogen and oxygen atoms in total. The van der Waals surface area contributed by atoms with Crippen LogP contribution in [0.4, 0.5) is 5.82 Å². The van der Waals surface area contributed by atoms with Crippen LogP contribution < -0.4 is 14.8 Å². The number of likely N-dealkylation sites (tertiary alicyclic amines) is 1. The second-order valence-corrected chi connectivity index (χ2v) is 9.82. The first-order valence-electron chi connectivity index (χ1n) is 11.6. The van der Waals surface area contributed by atoms with Crippen molar-refractivity contribution in [2.75, 3.05) is 31.6 Å². The average Bonchev–Trinajstić information content (AvgIpc) is 3.57. The summed E-state index contributed by atoms with van der Waals surface area (Å²) in [5.41, 5.74) is 3.58. The number of fused-ring (bicyclic) bond motifs is 1. The number of aromatic nitrogens is 1. The Morgan fingerprint density at radius 2 is 2.06 bits per heavy atom. The molecule has 3 aromatic rings. The van der Waals surface area contributed by atoms with Gasteiger partial charge < -0.3 is 19.4 Å². The van der Waals surface area contributed by atoms with Gasteiger partial charge in [-0.1, -0.05) is 12.1 Å². The molecule has 34 heavy (non-hydrogen) atoms. The first kappa shape index (κ1) is 22.5. The van der Waals surface area contributed by atoms with E-state index in [-0.39, 0.29) is 18.5 Å². The molecule has 2 aromatic heterocycles. The third-order valence-electron chi connectivity index (χ3n) is 6.75. The Morgan fingerprint density at radius 3 is 2.82 bits per heavy atom. The van der Waals surface area contributed by atoms with Crippen molar-refractivity contribution in [3.8, 4) is 17.6 Å². The molecular formula is C26H28N4O3S. The van der Waals surface area contributed by atoms with E-state index >= 15 is 0 Å². The number of ether oxygens (including phenoxy) is 2. The molecule has 4 heterocycles. The summed E-state index contributed by atoms with van der Waals surface area (Å²) in [5, 5.41) is 14.9. The van der Waals surface area contributed by atoms with E-state index in [0.29, 0.717) is 31.1 Å². The Balaban J connectivity index is 1.34. The highest BCUT2D eigenvalue weighted by molar-refractivity contribution is 7.09. The van der Waals surface area contributed by atoms with E-state index in [9.17, 15) is 10.1 Å². The minimum absolute atomic E-state index is 0.106. The van der Waals surface area contributed by atoms with Crippen molar-refractivity contribution in [2.24, 2.45) is 0 Å². The van der Waals surface area contributed by atoms with Crippen LogP contribution >= 0.6 is 11.3 Å². The van der Waals surface area contributed by atoms with Gasteiger partial charge in [0.15, 0.2) is 11.5 Å². The summed E-state index contributed by atoms with van der Waals surface area (Å²) in [7, 11) is 0. The van der Waals surface area contributed by atoms with Crippen LogP contribution in [0.1, 0.15) is 46.1 Å². The summed E-state index contributed by atoms with van der Waals surface area (Å²) in [6, 6.07) is 12.6. The highest BCUT2D eigenvalue weighted by atomic mass is 32.1. The van der Waals surface area contributed by atoms with Gasteiger partial charge >= 0.3 is 0 Å². The maximum Gasteiger partial charge on any atom is 0.239 e. The number of carbonyl (C=O) groups excluding carboxylic acids is 1. The fourth-order valence-electron chi connectivity index (χ4n) is 4.90. The zero-order valence-electron chi connectivity index (χ0n) is 19.5. The summed E-state index contributed by atoms with van der Waals surface area (Å²) in [4.78, 5) is 16.6. The van der Waals surface area contributed by atoms with Crippen LogP contribution in [-0.2, 0) is 11.3 Å². The van der Waals surface area contributed by atoms with E-state index < -0.39 is 0 Å². The van der Waals surface area contributed by atoms with Gasteiger partial charge in [0, 0.05) is 16.6 Å². The average molecular weight is 477 g/mol. The molecule has 0 aliphatic carbocycles. The molecule has 0 spiro atoms. The van der Waals surface area contributed by atoms with Gasteiger partial charge in [0.1, 0.15) is 25.1 Å². The predicted octanol–water partition coefficient (Wildman–Crippen LogP) is 4.63. The SMILES string of the molecule is Cc1c(C#N)c(NC(=O)CN2CCC[C@H]2c2ccc3c(c2)OCCO3)n(Cc2cccs2)c1C. The van der Waals surface area contributed by atoms with Crippen LogP contribution in [0.5, 0.6) is 11.5 Å². The first-order chi connectivity index (χ1) is 16.5. The zero-order chi connectivity index (χ0) is 23.7. The lowest BCUT2D eigenvalue weighted by molar-refractivity contribution is -0.117. The second-order valence-electron chi connectivity index (χ2n) is 8.79. The molecule has 0 radical (unpaired) electrons. The summed E-state index contributed by atoms with van der Waals surface area (Å²) < 4.78 is 13.5. The van der Waals surface area contributed by atoms with Crippen molar-refractivity contribution in [1.82, 2.24) is 9.47 Å². The molecule has 176 valence electrons. The third-order valence-corrected chi connectivity index (χ3v) is 7.62. The molecule has 1 amide bonds. The molecule has 8 heteroatoms. The third kappa shape index (κ3) is 4.29. The molecule has 5 rings (SSSR count). The number of hydrogen-bond donors (Lipinski definition) is 1. The maximum atomic E-state index is 13.2. The molecular weight excluding hydrogens is 448 g/mol. The summed E-state index contributed by atoms with van der Waals surface area (Å²) in [6.07, 6.45) is 2.02. The van der Waals surface area contributed by atoms with Gasteiger partial charge in [-0.05, 0) is 67.9 Å². The molecule has 2 aliphatic rings. The maximum absolute atomic E-state index is 13.2. The monoisotopic (exact) mass is 476 g/mol. The Kier molecular flexibility index (Phi) is 6.31. The van der Waals surface area contributed by atoms with E-state index in [0.717, 1.165) is 47.7 Å². The molecule has 2 aliphatic heterocycles. The molecule has 0 unspecified atom stereocenters. The molecule has 1 aromatic carbocycles. The number of anilines is 1. The number of carbonyl (C=O) groups is 1. The minimum Gasteiger partial charge on any atom is -0.486 e. The molecule has 1 saturated heterocycles. The van der Waals surface area contributed by atoms with E-state index in [2.05, 4.69) is 28.4 Å². The Bertz CT molecular complexity index is 1240. The van der Waals surface area contributed by atoms with Crippen LogP contribution in [0, 0.1) is 25.2 Å². The van der Waals surface area contributed by atoms with Crippen LogP contribution in [0.25, 0.3) is 0 Å². The number of benzene rings is 1. The fourth-order valence-corrected chi connectivity index (χ4v) is 5.60. The fraction of sp³-hybridized carbons (Fsp3) is 0.385. The van der Waals surface area contributed by atoms with Gasteiger partial charge in [-0.15, -0.1) is 11.3 Å². The van der Waals surface area contributed by atoms with Crippen LogP contribution in [-0.4, -0.2) is 41.7 Å². The van der Waals surface area contributed by atoms with E-state index in [1.54, 1.807) is 11.3 Å². The van der Waals surface area contributed by atoms with Crippen molar-refractivity contribution >= 4 is 23.1 Å². The smallest absolute Gasteiger partial charge is 0.239 e. The van der Waals surface area contributed by atoms with Gasteiger partial charge in [0.25, 0.3) is 0 Å². The normalized spacial score (nSPS) is 17.5. The number of nitrogens with one attached hydrogen (secondary N) is 1. The van der Waals surface area contributed by atoms with Gasteiger partial charge in [0.2, 0.25) is 5.91 Å². The summed E-state index contributed by atoms with van der Waals surface area (Å²) in [5.74, 6) is 2.03. The Labute approximate surface area is 203 Å². The van der Waals surface area contributed by atoms with E-state index in [1.165, 1.54) is 4.88 Å². The number of rotatable bonds is 6. The zero-order valence-corrected chi connectivity index (χ0v) is 20.3. The Morgan fingerprint density at radius 1 is 1.24 bits per heavy atom. The first-order valence-corrected chi connectivity index (χ1v) is 12.5. The summed E-state index contributed by atoms with van der Waals surface area (Å²) >= 11 is 1.67. The summed E-state index contributed by atoms with van der Waals surface area (Å²) in [6.45, 7) is 6.81. The lowest BCUT2D eigenvalue weighted by Gasteiger charge is -2.26. The quantitative estimate of drug-likeness (QED) is 0.561. The second kappa shape index (κ2) is 9.53. The number of thiophene rings is 1. The number of nitrogens with zero attached hydrogens (tertiary/aromatic N) is 3. The topological polar surface area (TPSA) is 79.5 Å². The Hall–Kier alpha value is -3.28. The molecule has 0 saturated carbocycles. The number of nitriles is 1. The van der Waals surface area contributed by atoms with Crippen LogP contribution in [0.15, 0.2) is 35.7 Å². The largest absolute Gasteiger partial charge is 0.486 e. The molecule has 1 N–H and O–H groups in total. The molecule has 0 bridgehead atoms. The van der Waals surface area contributed by atoms with Crippen molar-refractivity contribution in [3.05, 3.63) is 63.0 Å². The standard InChI is InChI=1S/C26H28N4O3S/c1-17-18(2)30(15-20-5-4-12-34-20)26(21(17)14-27)28-25(31)16-29-9-3-6-22(29)19-7-8-23-24(13-19)33-11-10-32-23/h4-5,7-8,12-13,22H,3,6,9-11,15-16H2,1-2H3,(H,28,31)/t22-/m0/s1. The van der Waals surface area contributed by atoms with Crippen LogP contribution in [0.2, 0.25) is 0 Å². The molecule has 1 fully saturated rings. The van der Waals surface area contributed by atoms with Crippen molar-refractivity contribution in [1.29, 1.82) is 5.26 Å². The van der Waals surface area contributed by atoms with Crippen molar-refractivity contribution in [3.63, 3.8) is 0 Å².